The minimum Gasteiger partial charge on any atom is -0.324 e. The van der Waals surface area contributed by atoms with Crippen LogP contribution in [0.5, 0.6) is 0 Å². The highest BCUT2D eigenvalue weighted by Crippen LogP contribution is 2.32. The van der Waals surface area contributed by atoms with Crippen LogP contribution in [0.3, 0.4) is 0 Å². The second-order valence-electron chi connectivity index (χ2n) is 7.91. The normalized spacial score (nSPS) is 11.4. The first-order valence-corrected chi connectivity index (χ1v) is 10.6. The van der Waals surface area contributed by atoms with Crippen molar-refractivity contribution < 1.29 is 4.79 Å². The van der Waals surface area contributed by atoms with Crippen molar-refractivity contribution in [2.75, 3.05) is 5.32 Å². The number of nitrogens with one attached hydrogen (secondary N) is 1. The van der Waals surface area contributed by atoms with Gasteiger partial charge in [0.05, 0.1) is 5.52 Å². The van der Waals surface area contributed by atoms with E-state index < -0.39 is 0 Å². The molecule has 1 N–H and O–H groups in total. The maximum Gasteiger partial charge on any atom is 0.272 e. The third-order valence-corrected chi connectivity index (χ3v) is 6.37. The Kier molecular flexibility index (Phi) is 4.94. The molecule has 30 heavy (non-hydrogen) atoms. The largest absolute Gasteiger partial charge is 0.324 e. The number of amides is 1. The van der Waals surface area contributed by atoms with Gasteiger partial charge in [0.2, 0.25) is 5.91 Å². The van der Waals surface area contributed by atoms with Crippen LogP contribution in [0.1, 0.15) is 33.8 Å². The van der Waals surface area contributed by atoms with Gasteiger partial charge in [-0.3, -0.25) is 14.2 Å². The monoisotopic (exact) mass is 420 g/mol. The molecule has 0 saturated heterocycles. The van der Waals surface area contributed by atoms with Crippen molar-refractivity contribution in [3.63, 3.8) is 0 Å². The summed E-state index contributed by atoms with van der Waals surface area (Å²) in [6.07, 6.45) is 0. The minimum absolute atomic E-state index is 0.0833. The highest BCUT2D eigenvalue weighted by molar-refractivity contribution is 7.25. The second-order valence-corrected chi connectivity index (χ2v) is 8.91. The zero-order valence-electron chi connectivity index (χ0n) is 18.0. The maximum atomic E-state index is 13.2. The number of benzene rings is 1. The lowest BCUT2D eigenvalue weighted by Crippen LogP contribution is -2.30. The number of nitrogens with zero attached hydrogens (tertiary/aromatic N) is 3. The van der Waals surface area contributed by atoms with Crippen molar-refractivity contribution in [3.05, 3.63) is 62.3 Å². The van der Waals surface area contributed by atoms with Crippen molar-refractivity contribution in [2.24, 2.45) is 0 Å². The van der Waals surface area contributed by atoms with Crippen LogP contribution in [-0.2, 0) is 11.3 Å². The molecule has 4 aromatic rings. The molecule has 0 aliphatic rings. The van der Waals surface area contributed by atoms with E-state index >= 15 is 0 Å². The summed E-state index contributed by atoms with van der Waals surface area (Å²) in [4.78, 5) is 36.0. The molecule has 0 aliphatic carbocycles. The van der Waals surface area contributed by atoms with E-state index in [4.69, 9.17) is 0 Å². The lowest BCUT2D eigenvalue weighted by molar-refractivity contribution is -0.116. The molecule has 7 heteroatoms. The number of thiophene rings is 1. The Hall–Kier alpha value is -3.06. The summed E-state index contributed by atoms with van der Waals surface area (Å²) in [6, 6.07) is 6.06. The van der Waals surface area contributed by atoms with Gasteiger partial charge < -0.3 is 5.32 Å². The van der Waals surface area contributed by atoms with E-state index in [1.807, 2.05) is 52.8 Å². The SMILES string of the molecule is Cc1cc(C)c(NC(=O)Cn2c(C)nc3c(sc4nc(C)cc(C)c43)c2=O)c(C)c1. The first-order chi connectivity index (χ1) is 14.2. The molecule has 0 aliphatic heterocycles. The average molecular weight is 421 g/mol. The number of anilines is 1. The molecule has 0 fully saturated rings. The zero-order valence-corrected chi connectivity index (χ0v) is 18.8. The summed E-state index contributed by atoms with van der Waals surface area (Å²) >= 11 is 1.34. The number of carbonyl (C=O) groups excluding carboxylic acids is 1. The van der Waals surface area contributed by atoms with Crippen molar-refractivity contribution in [1.82, 2.24) is 14.5 Å². The Morgan fingerprint density at radius 3 is 2.33 bits per heavy atom. The number of hydrogen-bond donors (Lipinski definition) is 1. The second kappa shape index (κ2) is 7.32. The van der Waals surface area contributed by atoms with Gasteiger partial charge in [-0.05, 0) is 64.3 Å². The van der Waals surface area contributed by atoms with E-state index in [1.165, 1.54) is 15.9 Å². The molecule has 3 heterocycles. The summed E-state index contributed by atoms with van der Waals surface area (Å²) in [5.74, 6) is 0.266. The third-order valence-electron chi connectivity index (χ3n) is 5.31. The number of pyridine rings is 1. The summed E-state index contributed by atoms with van der Waals surface area (Å²) in [5.41, 5.74) is 6.37. The fourth-order valence-corrected chi connectivity index (χ4v) is 5.24. The van der Waals surface area contributed by atoms with Gasteiger partial charge in [0.15, 0.2) is 0 Å². The summed E-state index contributed by atoms with van der Waals surface area (Å²) < 4.78 is 1.97. The van der Waals surface area contributed by atoms with Gasteiger partial charge in [0.25, 0.3) is 5.56 Å². The van der Waals surface area contributed by atoms with Crippen LogP contribution in [0.15, 0.2) is 23.0 Å². The predicted octanol–water partition coefficient (Wildman–Crippen LogP) is 4.50. The summed E-state index contributed by atoms with van der Waals surface area (Å²) in [5, 5.41) is 3.88. The molecular formula is C23H24N4O2S. The number of aromatic nitrogens is 3. The third kappa shape index (κ3) is 3.39. The highest BCUT2D eigenvalue weighted by atomic mass is 32.1. The first kappa shape index (κ1) is 20.2. The Labute approximate surface area is 178 Å². The van der Waals surface area contributed by atoms with E-state index in [0.717, 1.165) is 43.9 Å². The number of fused-ring (bicyclic) bond motifs is 3. The average Bonchev–Trinajstić information content (AvgIpc) is 3.00. The quantitative estimate of drug-likeness (QED) is 0.530. The van der Waals surface area contributed by atoms with Crippen LogP contribution in [0.4, 0.5) is 5.69 Å². The lowest BCUT2D eigenvalue weighted by Gasteiger charge is -2.14. The minimum atomic E-state index is -0.248. The van der Waals surface area contributed by atoms with Crippen LogP contribution >= 0.6 is 11.3 Å². The first-order valence-electron chi connectivity index (χ1n) is 9.81. The van der Waals surface area contributed by atoms with Gasteiger partial charge in [0.1, 0.15) is 21.9 Å². The molecule has 3 aromatic heterocycles. The van der Waals surface area contributed by atoms with E-state index in [9.17, 15) is 9.59 Å². The zero-order chi connectivity index (χ0) is 21.7. The number of hydrogen-bond acceptors (Lipinski definition) is 5. The maximum absolute atomic E-state index is 13.2. The predicted molar refractivity (Wildman–Crippen MR) is 123 cm³/mol. The van der Waals surface area contributed by atoms with Crippen LogP contribution in [-0.4, -0.2) is 20.4 Å². The molecule has 1 aromatic carbocycles. The molecule has 0 bridgehead atoms. The van der Waals surface area contributed by atoms with Gasteiger partial charge >= 0.3 is 0 Å². The molecule has 0 saturated carbocycles. The van der Waals surface area contributed by atoms with Crippen LogP contribution < -0.4 is 10.9 Å². The molecule has 0 atom stereocenters. The fourth-order valence-electron chi connectivity index (χ4n) is 4.05. The standard InChI is InChI=1S/C23H24N4O2S/c1-11-7-13(3)19(14(4)8-11)26-17(28)10-27-16(6)25-20-18-12(2)9-15(5)24-22(18)30-21(20)23(27)29/h7-9H,10H2,1-6H3,(H,26,28). The lowest BCUT2D eigenvalue weighted by atomic mass is 10.1. The molecular weight excluding hydrogens is 396 g/mol. The molecule has 154 valence electrons. The van der Waals surface area contributed by atoms with Gasteiger partial charge in [0, 0.05) is 16.8 Å². The van der Waals surface area contributed by atoms with Crippen molar-refractivity contribution in [3.8, 4) is 0 Å². The van der Waals surface area contributed by atoms with Crippen molar-refractivity contribution in [1.29, 1.82) is 0 Å². The highest BCUT2D eigenvalue weighted by Gasteiger charge is 2.18. The Balaban J connectivity index is 1.75. The summed E-state index contributed by atoms with van der Waals surface area (Å²) in [7, 11) is 0. The van der Waals surface area contributed by atoms with Crippen molar-refractivity contribution >= 4 is 43.4 Å². The smallest absolute Gasteiger partial charge is 0.272 e. The molecule has 0 spiro atoms. The van der Waals surface area contributed by atoms with Crippen LogP contribution in [0.25, 0.3) is 20.4 Å². The Morgan fingerprint density at radius 1 is 1.00 bits per heavy atom. The Bertz CT molecular complexity index is 1380. The molecule has 0 radical (unpaired) electrons. The number of rotatable bonds is 3. The van der Waals surface area contributed by atoms with E-state index in [0.29, 0.717) is 16.0 Å². The summed E-state index contributed by atoms with van der Waals surface area (Å²) in [6.45, 7) is 11.6. The van der Waals surface area contributed by atoms with Gasteiger partial charge in [-0.15, -0.1) is 11.3 Å². The van der Waals surface area contributed by atoms with Crippen LogP contribution in [0, 0.1) is 41.5 Å². The van der Waals surface area contributed by atoms with Gasteiger partial charge in [-0.2, -0.15) is 0 Å². The van der Waals surface area contributed by atoms with E-state index in [2.05, 4.69) is 15.3 Å². The number of aryl methyl sites for hydroxylation is 6. The molecule has 0 unspecified atom stereocenters. The Morgan fingerprint density at radius 2 is 1.67 bits per heavy atom. The van der Waals surface area contributed by atoms with Crippen LogP contribution in [0.2, 0.25) is 0 Å². The van der Waals surface area contributed by atoms with Crippen molar-refractivity contribution in [2.45, 2.75) is 48.1 Å². The topological polar surface area (TPSA) is 76.9 Å². The van der Waals surface area contributed by atoms with E-state index in [1.54, 1.807) is 6.92 Å². The number of carbonyl (C=O) groups is 1. The molecule has 4 rings (SSSR count). The molecule has 1 amide bonds. The molecule has 6 nitrogen and oxygen atoms in total. The fraction of sp³-hybridized carbons (Fsp3) is 0.304. The van der Waals surface area contributed by atoms with Gasteiger partial charge in [-0.25, -0.2) is 9.97 Å². The van der Waals surface area contributed by atoms with E-state index in [-0.39, 0.29) is 18.0 Å². The van der Waals surface area contributed by atoms with Gasteiger partial charge in [-0.1, -0.05) is 17.7 Å².